The average Bonchev–Trinajstić information content (AvgIpc) is 2.45. The van der Waals surface area contributed by atoms with E-state index >= 15 is 0 Å². The molecule has 0 unspecified atom stereocenters. The number of unbranched alkanes of at least 4 members (excludes halogenated alkanes) is 14. The molecule has 0 radical (unpaired) electrons. The van der Waals surface area contributed by atoms with Crippen LogP contribution in [-0.2, 0) is 10.1 Å². The Labute approximate surface area is 156 Å². The van der Waals surface area contributed by atoms with Gasteiger partial charge in [0.15, 0.2) is 0 Å². The van der Waals surface area contributed by atoms with Crippen molar-refractivity contribution in [1.82, 2.24) is 0 Å². The minimum Gasteiger partial charge on any atom is -0.744 e. The van der Waals surface area contributed by atoms with Crippen LogP contribution in [0, 0.1) is 0 Å². The zero-order chi connectivity index (χ0) is 16.5. The summed E-state index contributed by atoms with van der Waals surface area (Å²) < 4.78 is 31.0. The van der Waals surface area contributed by atoms with Crippen molar-refractivity contribution in [1.29, 1.82) is 0 Å². The molecule has 0 aliphatic carbocycles. The summed E-state index contributed by atoms with van der Waals surface area (Å²) in [7, 11) is -4.17. The van der Waals surface area contributed by atoms with Crippen LogP contribution in [0.3, 0.4) is 0 Å². The van der Waals surface area contributed by atoms with Crippen LogP contribution in [-0.4, -0.2) is 13.0 Å². The SMILES string of the molecule is CCCCCCCCCCCCCCCCC=CS(=O)(=O)[O-].[Li+]. The standard InChI is InChI=1S/C18H36O3S.Li/c1-2-3-4-5-6-7-8-9-10-11-12-13-14-15-16-17-18-22(19,20)21;/h17-18H,2-16H2,1H3,(H,19,20,21);/q;+1/p-1. The average molecular weight is 338 g/mol. The van der Waals surface area contributed by atoms with Gasteiger partial charge in [0, 0.05) is 5.41 Å². The van der Waals surface area contributed by atoms with E-state index < -0.39 is 10.1 Å². The fourth-order valence-electron chi connectivity index (χ4n) is 2.64. The molecule has 0 aliphatic rings. The molecule has 0 saturated carbocycles. The summed E-state index contributed by atoms with van der Waals surface area (Å²) in [5, 5.41) is 0.773. The maximum Gasteiger partial charge on any atom is 1.00 e. The molecule has 0 amide bonds. The number of hydrogen-bond donors (Lipinski definition) is 0. The molecule has 0 aromatic heterocycles. The van der Waals surface area contributed by atoms with Crippen LogP contribution in [0.1, 0.15) is 103 Å². The first kappa shape index (κ1) is 25.5. The Bertz CT molecular complexity index is 353. The van der Waals surface area contributed by atoms with Gasteiger partial charge in [-0.3, -0.25) is 0 Å². The van der Waals surface area contributed by atoms with Gasteiger partial charge in [0.1, 0.15) is 10.1 Å². The van der Waals surface area contributed by atoms with E-state index in [0.717, 1.165) is 18.2 Å². The molecule has 0 atom stereocenters. The van der Waals surface area contributed by atoms with Crippen molar-refractivity contribution >= 4 is 10.1 Å². The van der Waals surface area contributed by atoms with Crippen LogP contribution in [0.25, 0.3) is 0 Å². The Morgan fingerprint density at radius 3 is 1.39 bits per heavy atom. The second kappa shape index (κ2) is 18.6. The molecule has 0 fully saturated rings. The van der Waals surface area contributed by atoms with E-state index in [4.69, 9.17) is 0 Å². The topological polar surface area (TPSA) is 57.2 Å². The number of rotatable bonds is 16. The van der Waals surface area contributed by atoms with E-state index in [-0.39, 0.29) is 18.9 Å². The van der Waals surface area contributed by atoms with Crippen LogP contribution in [0.15, 0.2) is 11.5 Å². The third-order valence-electron chi connectivity index (χ3n) is 3.99. The first-order valence-corrected chi connectivity index (χ1v) is 10.7. The monoisotopic (exact) mass is 338 g/mol. The Morgan fingerprint density at radius 1 is 0.696 bits per heavy atom. The molecular weight excluding hydrogens is 303 g/mol. The van der Waals surface area contributed by atoms with E-state index in [1.807, 2.05) is 0 Å². The molecule has 23 heavy (non-hydrogen) atoms. The predicted molar refractivity (Wildman–Crippen MR) is 93.8 cm³/mol. The van der Waals surface area contributed by atoms with Crippen molar-refractivity contribution in [3.8, 4) is 0 Å². The van der Waals surface area contributed by atoms with E-state index in [9.17, 15) is 13.0 Å². The van der Waals surface area contributed by atoms with Crippen molar-refractivity contribution < 1.29 is 31.8 Å². The van der Waals surface area contributed by atoms with Gasteiger partial charge in [-0.25, -0.2) is 8.42 Å². The number of allylic oxidation sites excluding steroid dienone is 1. The first-order valence-electron chi connectivity index (χ1n) is 9.18. The molecule has 0 N–H and O–H groups in total. The maximum atomic E-state index is 10.3. The van der Waals surface area contributed by atoms with Gasteiger partial charge in [0.2, 0.25) is 0 Å². The smallest absolute Gasteiger partial charge is 0.744 e. The van der Waals surface area contributed by atoms with Crippen molar-refractivity contribution in [2.24, 2.45) is 0 Å². The second-order valence-corrected chi connectivity index (χ2v) is 7.51. The maximum absolute atomic E-state index is 10.3. The molecular formula is C18H35LiO3S. The Kier molecular flexibility index (Phi) is 20.6. The van der Waals surface area contributed by atoms with Gasteiger partial charge < -0.3 is 4.55 Å². The molecule has 0 aromatic rings. The first-order chi connectivity index (χ1) is 10.6. The summed E-state index contributed by atoms with van der Waals surface area (Å²) in [6.45, 7) is 2.26. The molecule has 0 heterocycles. The molecule has 0 saturated heterocycles. The quantitative estimate of drug-likeness (QED) is 0.247. The van der Waals surface area contributed by atoms with E-state index in [1.54, 1.807) is 0 Å². The van der Waals surface area contributed by atoms with Crippen LogP contribution in [0.5, 0.6) is 0 Å². The minimum absolute atomic E-state index is 0. The van der Waals surface area contributed by atoms with Gasteiger partial charge in [-0.15, -0.1) is 0 Å². The molecule has 0 spiro atoms. The van der Waals surface area contributed by atoms with Gasteiger partial charge in [0.05, 0.1) is 0 Å². The fourth-order valence-corrected chi connectivity index (χ4v) is 3.01. The Morgan fingerprint density at radius 2 is 1.04 bits per heavy atom. The van der Waals surface area contributed by atoms with Gasteiger partial charge >= 0.3 is 18.9 Å². The van der Waals surface area contributed by atoms with E-state index in [2.05, 4.69) is 6.92 Å². The summed E-state index contributed by atoms with van der Waals surface area (Å²) in [6.07, 6.45) is 20.5. The van der Waals surface area contributed by atoms with Gasteiger partial charge in [-0.2, -0.15) is 0 Å². The van der Waals surface area contributed by atoms with E-state index in [0.29, 0.717) is 6.42 Å². The minimum atomic E-state index is -4.17. The molecule has 5 heteroatoms. The third-order valence-corrected chi connectivity index (χ3v) is 4.51. The second-order valence-electron chi connectivity index (χ2n) is 6.25. The zero-order valence-electron chi connectivity index (χ0n) is 15.4. The predicted octanol–water partition coefficient (Wildman–Crippen LogP) is 2.92. The van der Waals surface area contributed by atoms with Crippen LogP contribution in [0.2, 0.25) is 0 Å². The van der Waals surface area contributed by atoms with Crippen molar-refractivity contribution in [2.45, 2.75) is 103 Å². The molecule has 0 bridgehead atoms. The third kappa shape index (κ3) is 24.6. The van der Waals surface area contributed by atoms with Crippen LogP contribution < -0.4 is 18.9 Å². The van der Waals surface area contributed by atoms with Crippen LogP contribution >= 0.6 is 0 Å². The largest absolute Gasteiger partial charge is 1.00 e. The summed E-state index contributed by atoms with van der Waals surface area (Å²) in [6, 6.07) is 0. The normalized spacial score (nSPS) is 11.7. The molecule has 0 aromatic carbocycles. The summed E-state index contributed by atoms with van der Waals surface area (Å²) in [5.41, 5.74) is 0. The molecule has 132 valence electrons. The van der Waals surface area contributed by atoms with Gasteiger partial charge in [-0.05, 0) is 12.8 Å². The van der Waals surface area contributed by atoms with Crippen molar-refractivity contribution in [3.63, 3.8) is 0 Å². The Hall–Kier alpha value is 0.247. The summed E-state index contributed by atoms with van der Waals surface area (Å²) >= 11 is 0. The van der Waals surface area contributed by atoms with Gasteiger partial charge in [0.25, 0.3) is 0 Å². The van der Waals surface area contributed by atoms with Gasteiger partial charge in [-0.1, -0.05) is 96.5 Å². The zero-order valence-corrected chi connectivity index (χ0v) is 16.2. The van der Waals surface area contributed by atoms with Crippen LogP contribution in [0.4, 0.5) is 0 Å². The summed E-state index contributed by atoms with van der Waals surface area (Å²) in [5.74, 6) is 0. The summed E-state index contributed by atoms with van der Waals surface area (Å²) in [4.78, 5) is 0. The molecule has 3 nitrogen and oxygen atoms in total. The fraction of sp³-hybridized carbons (Fsp3) is 0.889. The van der Waals surface area contributed by atoms with E-state index in [1.165, 1.54) is 83.1 Å². The van der Waals surface area contributed by atoms with Crippen molar-refractivity contribution in [2.75, 3.05) is 0 Å². The Balaban J connectivity index is 0. The molecule has 0 aliphatic heterocycles. The molecule has 0 rings (SSSR count). The number of hydrogen-bond acceptors (Lipinski definition) is 3. The van der Waals surface area contributed by atoms with Crippen molar-refractivity contribution in [3.05, 3.63) is 11.5 Å².